The maximum Gasteiger partial charge on any atom is 0.246 e. The van der Waals surface area contributed by atoms with Gasteiger partial charge in [-0.2, -0.15) is 4.98 Å². The molecule has 0 unspecified atom stereocenters. The highest BCUT2D eigenvalue weighted by atomic mass is 32.2. The molecule has 1 aromatic heterocycles. The van der Waals surface area contributed by atoms with E-state index < -0.39 is 20.4 Å². The van der Waals surface area contributed by atoms with Gasteiger partial charge >= 0.3 is 0 Å². The van der Waals surface area contributed by atoms with Crippen LogP contribution in [0.5, 0.6) is 11.8 Å². The van der Waals surface area contributed by atoms with Gasteiger partial charge in [0.15, 0.2) is 15.5 Å². The van der Waals surface area contributed by atoms with Crippen LogP contribution in [0.3, 0.4) is 0 Å². The zero-order chi connectivity index (χ0) is 14.8. The Hall–Kier alpha value is -1.70. The van der Waals surface area contributed by atoms with Crippen LogP contribution in [0.15, 0.2) is 6.20 Å². The number of rotatable bonds is 5. The molecule has 0 radical (unpaired) electrons. The molecule has 8 heteroatoms. The number of methoxy groups -OCH3 is 2. The van der Waals surface area contributed by atoms with E-state index in [-0.39, 0.29) is 17.5 Å². The van der Waals surface area contributed by atoms with Crippen LogP contribution in [-0.4, -0.2) is 49.4 Å². The first-order valence-electron chi connectivity index (χ1n) is 5.34. The second kappa shape index (κ2) is 5.12. The Balaban J connectivity index is 3.35. The maximum atomic E-state index is 12.3. The Kier molecular flexibility index (Phi) is 4.14. The van der Waals surface area contributed by atoms with Gasteiger partial charge in [-0.15, -0.1) is 0 Å². The Bertz CT molecular complexity index is 595. The van der Waals surface area contributed by atoms with E-state index in [9.17, 15) is 13.2 Å². The number of Topliss-reactive ketones (excluding diaryl/α,β-unsaturated/α-hetero) is 1. The van der Waals surface area contributed by atoms with E-state index in [2.05, 4.69) is 9.97 Å². The van der Waals surface area contributed by atoms with Crippen molar-refractivity contribution >= 4 is 15.6 Å². The molecule has 1 aromatic rings. The lowest BCUT2D eigenvalue weighted by molar-refractivity contribution is 0.0944. The summed E-state index contributed by atoms with van der Waals surface area (Å²) in [6, 6.07) is 0. The molecule has 0 bridgehead atoms. The molecule has 0 aliphatic carbocycles. The number of hydrogen-bond donors (Lipinski definition) is 0. The SMILES string of the molecule is COc1cnc(C(=O)C(C)(C)S(C)(=O)=O)c(OC)n1. The minimum atomic E-state index is -3.59. The third-order valence-electron chi connectivity index (χ3n) is 2.81. The average Bonchev–Trinajstić information content (AvgIpc) is 2.35. The number of carbonyl (C=O) groups excluding carboxylic acids is 1. The molecule has 0 aliphatic heterocycles. The molecule has 0 saturated heterocycles. The third-order valence-corrected chi connectivity index (χ3v) is 4.85. The van der Waals surface area contributed by atoms with Gasteiger partial charge in [-0.05, 0) is 13.8 Å². The number of sulfone groups is 1. The molecule has 19 heavy (non-hydrogen) atoms. The van der Waals surface area contributed by atoms with Crippen LogP contribution in [-0.2, 0) is 9.84 Å². The van der Waals surface area contributed by atoms with E-state index in [1.54, 1.807) is 0 Å². The topological polar surface area (TPSA) is 95.5 Å². The summed E-state index contributed by atoms with van der Waals surface area (Å²) in [5.41, 5.74) is -0.140. The largest absolute Gasteiger partial charge is 0.480 e. The molecule has 0 saturated carbocycles. The minimum absolute atomic E-state index is 0.0684. The van der Waals surface area contributed by atoms with Crippen molar-refractivity contribution in [3.8, 4) is 11.8 Å². The molecule has 7 nitrogen and oxygen atoms in total. The maximum absolute atomic E-state index is 12.3. The Morgan fingerprint density at radius 2 is 1.84 bits per heavy atom. The predicted molar refractivity (Wildman–Crippen MR) is 68.4 cm³/mol. The molecular weight excluding hydrogens is 272 g/mol. The van der Waals surface area contributed by atoms with Crippen molar-refractivity contribution in [3.63, 3.8) is 0 Å². The summed E-state index contributed by atoms with van der Waals surface area (Å²) < 4.78 is 31.5. The van der Waals surface area contributed by atoms with E-state index in [0.29, 0.717) is 0 Å². The molecule has 0 amide bonds. The number of aromatic nitrogens is 2. The van der Waals surface area contributed by atoms with Gasteiger partial charge in [-0.3, -0.25) is 4.79 Å². The Labute approximate surface area is 111 Å². The first-order valence-corrected chi connectivity index (χ1v) is 7.23. The van der Waals surface area contributed by atoms with Crippen molar-refractivity contribution in [2.45, 2.75) is 18.6 Å². The lowest BCUT2D eigenvalue weighted by Gasteiger charge is -2.20. The fourth-order valence-electron chi connectivity index (χ4n) is 1.21. The smallest absolute Gasteiger partial charge is 0.246 e. The van der Waals surface area contributed by atoms with Crippen molar-refractivity contribution in [3.05, 3.63) is 11.9 Å². The number of ketones is 1. The summed E-state index contributed by atoms with van der Waals surface area (Å²) in [5.74, 6) is -0.575. The predicted octanol–water partition coefficient (Wildman–Crippen LogP) is 0.500. The van der Waals surface area contributed by atoms with Crippen molar-refractivity contribution in [1.29, 1.82) is 0 Å². The third kappa shape index (κ3) is 2.83. The van der Waals surface area contributed by atoms with Crippen LogP contribution in [0.1, 0.15) is 24.3 Å². The zero-order valence-corrected chi connectivity index (χ0v) is 12.2. The second-order valence-corrected chi connectivity index (χ2v) is 6.95. The highest BCUT2D eigenvalue weighted by Crippen LogP contribution is 2.26. The van der Waals surface area contributed by atoms with Gasteiger partial charge in [0.05, 0.1) is 20.4 Å². The number of ether oxygens (including phenoxy) is 2. The van der Waals surface area contributed by atoms with Gasteiger partial charge in [0.1, 0.15) is 4.75 Å². The molecule has 0 atom stereocenters. The number of hydrogen-bond acceptors (Lipinski definition) is 7. The highest BCUT2D eigenvalue weighted by Gasteiger charge is 2.41. The molecule has 0 fully saturated rings. The van der Waals surface area contributed by atoms with Gasteiger partial charge in [0, 0.05) is 6.26 Å². The van der Waals surface area contributed by atoms with Gasteiger partial charge in [-0.1, -0.05) is 0 Å². The van der Waals surface area contributed by atoms with Crippen LogP contribution < -0.4 is 9.47 Å². The van der Waals surface area contributed by atoms with Crippen LogP contribution in [0.25, 0.3) is 0 Å². The molecule has 106 valence electrons. The minimum Gasteiger partial charge on any atom is -0.480 e. The van der Waals surface area contributed by atoms with Crippen molar-refractivity contribution in [2.75, 3.05) is 20.5 Å². The van der Waals surface area contributed by atoms with Crippen molar-refractivity contribution in [2.24, 2.45) is 0 Å². The second-order valence-electron chi connectivity index (χ2n) is 4.38. The van der Waals surface area contributed by atoms with E-state index >= 15 is 0 Å². The first-order chi connectivity index (χ1) is 8.65. The van der Waals surface area contributed by atoms with Crippen molar-refractivity contribution < 1.29 is 22.7 Å². The molecule has 1 heterocycles. The summed E-state index contributed by atoms with van der Waals surface area (Å²) >= 11 is 0. The summed E-state index contributed by atoms with van der Waals surface area (Å²) in [4.78, 5) is 20.1. The monoisotopic (exact) mass is 288 g/mol. The van der Waals surface area contributed by atoms with E-state index in [0.717, 1.165) is 6.26 Å². The standard InChI is InChI=1S/C11H16N2O5S/c1-11(2,19(5,15)16)9(14)8-10(18-4)13-7(17-3)6-12-8/h6H,1-5H3. The van der Waals surface area contributed by atoms with Crippen LogP contribution in [0.2, 0.25) is 0 Å². The van der Waals surface area contributed by atoms with E-state index in [4.69, 9.17) is 9.47 Å². The van der Waals surface area contributed by atoms with Crippen LogP contribution in [0, 0.1) is 0 Å². The Morgan fingerprint density at radius 3 is 2.26 bits per heavy atom. The number of carbonyl (C=O) groups is 1. The van der Waals surface area contributed by atoms with Gasteiger partial charge < -0.3 is 9.47 Å². The highest BCUT2D eigenvalue weighted by molar-refractivity contribution is 7.92. The average molecular weight is 288 g/mol. The van der Waals surface area contributed by atoms with Crippen molar-refractivity contribution in [1.82, 2.24) is 9.97 Å². The number of nitrogens with zero attached hydrogens (tertiary/aromatic N) is 2. The quantitative estimate of drug-likeness (QED) is 0.728. The molecule has 1 rings (SSSR count). The molecule has 0 N–H and O–H groups in total. The lowest BCUT2D eigenvalue weighted by atomic mass is 10.1. The molecule has 0 aliphatic rings. The van der Waals surface area contributed by atoms with Crippen LogP contribution >= 0.6 is 0 Å². The van der Waals surface area contributed by atoms with Gasteiger partial charge in [-0.25, -0.2) is 13.4 Å². The normalized spacial score (nSPS) is 12.1. The lowest BCUT2D eigenvalue weighted by Crippen LogP contribution is -2.40. The van der Waals surface area contributed by atoms with Gasteiger partial charge in [0.25, 0.3) is 0 Å². The Morgan fingerprint density at radius 1 is 1.26 bits per heavy atom. The van der Waals surface area contributed by atoms with E-state index in [1.165, 1.54) is 34.3 Å². The fraction of sp³-hybridized carbons (Fsp3) is 0.545. The van der Waals surface area contributed by atoms with Crippen LogP contribution in [0.4, 0.5) is 0 Å². The molecular formula is C11H16N2O5S. The molecule has 0 spiro atoms. The summed E-state index contributed by atoms with van der Waals surface area (Å²) in [6.07, 6.45) is 2.22. The zero-order valence-electron chi connectivity index (χ0n) is 11.4. The fourth-order valence-corrected chi connectivity index (χ4v) is 1.64. The summed E-state index contributed by atoms with van der Waals surface area (Å²) in [6.45, 7) is 2.63. The summed E-state index contributed by atoms with van der Waals surface area (Å²) in [5, 5.41) is 0. The summed E-state index contributed by atoms with van der Waals surface area (Å²) in [7, 11) is -0.887. The van der Waals surface area contributed by atoms with E-state index in [1.807, 2.05) is 0 Å². The molecule has 0 aromatic carbocycles. The first kappa shape index (κ1) is 15.4. The van der Waals surface area contributed by atoms with Gasteiger partial charge in [0.2, 0.25) is 17.5 Å².